The van der Waals surface area contributed by atoms with Crippen LogP contribution in [-0.4, -0.2) is 59.7 Å². The quantitative estimate of drug-likeness (QED) is 0.352. The summed E-state index contributed by atoms with van der Waals surface area (Å²) in [5, 5.41) is 11.7. The molecule has 3 fully saturated rings. The fourth-order valence-corrected chi connectivity index (χ4v) is 8.33. The second-order valence-electron chi connectivity index (χ2n) is 10.7. The molecular formula is C25H35ClO7. The number of ether oxygens (including phenoxy) is 3. The second-order valence-corrected chi connectivity index (χ2v) is 11.4. The van der Waals surface area contributed by atoms with Gasteiger partial charge in [-0.1, -0.05) is 19.4 Å². The predicted octanol–water partition coefficient (Wildman–Crippen LogP) is 3.34. The van der Waals surface area contributed by atoms with Crippen molar-refractivity contribution in [3.63, 3.8) is 0 Å². The Morgan fingerprint density at radius 1 is 1.18 bits per heavy atom. The molecule has 1 unspecified atom stereocenters. The van der Waals surface area contributed by atoms with Gasteiger partial charge in [-0.2, -0.15) is 0 Å². The summed E-state index contributed by atoms with van der Waals surface area (Å²) in [5.74, 6) is -0.717. The molecular weight excluding hydrogens is 448 g/mol. The van der Waals surface area contributed by atoms with Crippen LogP contribution in [-0.2, 0) is 28.6 Å². The Morgan fingerprint density at radius 2 is 1.91 bits per heavy atom. The SMILES string of the molecule is COCO[C@]1(C(=O)COC(C)=O)CC[C@H]2[C@@H]3CCC4=CC(=O)CC[C@]4(C)[C@@]3(Cl)C(O)C[C@@]21C. The van der Waals surface area contributed by atoms with Gasteiger partial charge in [0.2, 0.25) is 5.78 Å². The number of carbonyl (C=O) groups is 3. The van der Waals surface area contributed by atoms with Crippen LogP contribution in [0.3, 0.4) is 0 Å². The minimum Gasteiger partial charge on any atom is -0.458 e. The molecule has 0 amide bonds. The zero-order valence-electron chi connectivity index (χ0n) is 19.9. The summed E-state index contributed by atoms with van der Waals surface area (Å²) in [4.78, 5) is 36.1. The van der Waals surface area contributed by atoms with Gasteiger partial charge in [0.15, 0.2) is 12.4 Å². The standard InChI is InChI=1S/C25H35ClO7/c1-15(27)32-13-21(30)24(33-14-31-4)10-8-18-19-6-5-16-11-17(28)7-9-22(16,2)25(19,26)20(29)12-23(18,24)3/h11,18-20,29H,5-10,12-14H2,1-4H3/t18-,19-,20?,22-,23-,24-,25-/m0/s1. The summed E-state index contributed by atoms with van der Waals surface area (Å²) in [7, 11) is 1.50. The van der Waals surface area contributed by atoms with Crippen molar-refractivity contribution in [3.8, 4) is 0 Å². The average Bonchev–Trinajstić information content (AvgIpc) is 3.05. The van der Waals surface area contributed by atoms with E-state index in [-0.39, 0.29) is 43.2 Å². The summed E-state index contributed by atoms with van der Waals surface area (Å²) in [6, 6.07) is 0. The van der Waals surface area contributed by atoms with Gasteiger partial charge in [0, 0.05) is 31.3 Å². The Morgan fingerprint density at radius 3 is 2.58 bits per heavy atom. The number of allylic oxidation sites excluding steroid dienone is 1. The predicted molar refractivity (Wildman–Crippen MR) is 121 cm³/mol. The van der Waals surface area contributed by atoms with Crippen LogP contribution in [0.25, 0.3) is 0 Å². The molecule has 184 valence electrons. The second kappa shape index (κ2) is 8.43. The number of hydrogen-bond donors (Lipinski definition) is 1. The number of hydrogen-bond acceptors (Lipinski definition) is 7. The first kappa shape index (κ1) is 24.8. The maximum absolute atomic E-state index is 13.5. The maximum Gasteiger partial charge on any atom is 0.303 e. The van der Waals surface area contributed by atoms with Crippen molar-refractivity contribution >= 4 is 29.1 Å². The number of aliphatic hydroxyl groups is 1. The van der Waals surface area contributed by atoms with E-state index in [0.29, 0.717) is 25.7 Å². The molecule has 1 N–H and O–H groups in total. The highest BCUT2D eigenvalue weighted by atomic mass is 35.5. The summed E-state index contributed by atoms with van der Waals surface area (Å²) in [5.41, 5.74) is -1.37. The minimum atomic E-state index is -1.23. The number of esters is 1. The zero-order chi connectivity index (χ0) is 24.2. The highest BCUT2D eigenvalue weighted by Crippen LogP contribution is 2.71. The van der Waals surface area contributed by atoms with Gasteiger partial charge in [0.05, 0.1) is 11.0 Å². The number of fused-ring (bicyclic) bond motifs is 5. The number of rotatable bonds is 6. The Hall–Kier alpha value is -1.28. The molecule has 7 nitrogen and oxygen atoms in total. The third-order valence-corrected chi connectivity index (χ3v) is 10.4. The van der Waals surface area contributed by atoms with Crippen LogP contribution in [0.1, 0.15) is 65.7 Å². The molecule has 0 bridgehead atoms. The van der Waals surface area contributed by atoms with Crippen LogP contribution < -0.4 is 0 Å². The van der Waals surface area contributed by atoms with Crippen LogP contribution >= 0.6 is 11.6 Å². The molecule has 0 aromatic carbocycles. The number of ketones is 2. The fraction of sp³-hybridized carbons (Fsp3) is 0.800. The summed E-state index contributed by atoms with van der Waals surface area (Å²) >= 11 is 7.48. The van der Waals surface area contributed by atoms with Gasteiger partial charge >= 0.3 is 5.97 Å². The third kappa shape index (κ3) is 3.37. The largest absolute Gasteiger partial charge is 0.458 e. The van der Waals surface area contributed by atoms with Crippen LogP contribution in [0.5, 0.6) is 0 Å². The van der Waals surface area contributed by atoms with Crippen molar-refractivity contribution < 1.29 is 33.7 Å². The van der Waals surface area contributed by atoms with E-state index in [9.17, 15) is 19.5 Å². The lowest BCUT2D eigenvalue weighted by Gasteiger charge is -2.65. The molecule has 7 atom stereocenters. The average molecular weight is 483 g/mol. The monoisotopic (exact) mass is 482 g/mol. The van der Waals surface area contributed by atoms with E-state index in [1.54, 1.807) is 6.08 Å². The van der Waals surface area contributed by atoms with Gasteiger partial charge in [0.1, 0.15) is 12.4 Å². The van der Waals surface area contributed by atoms with Crippen molar-refractivity contribution in [2.45, 2.75) is 82.3 Å². The Labute approximate surface area is 200 Å². The van der Waals surface area contributed by atoms with E-state index in [1.165, 1.54) is 14.0 Å². The molecule has 3 saturated carbocycles. The van der Waals surface area contributed by atoms with Gasteiger partial charge in [-0.15, -0.1) is 11.6 Å². The summed E-state index contributed by atoms with van der Waals surface area (Å²) in [6.45, 7) is 4.91. The van der Waals surface area contributed by atoms with Crippen LogP contribution in [0, 0.1) is 22.7 Å². The molecule has 0 aromatic heterocycles. The molecule has 0 radical (unpaired) electrons. The maximum atomic E-state index is 13.5. The molecule has 8 heteroatoms. The number of alkyl halides is 1. The van der Waals surface area contributed by atoms with E-state index in [2.05, 4.69) is 6.92 Å². The van der Waals surface area contributed by atoms with Crippen molar-refractivity contribution in [3.05, 3.63) is 11.6 Å². The number of halogens is 1. The lowest BCUT2D eigenvalue weighted by Crippen LogP contribution is -2.69. The fourth-order valence-electron chi connectivity index (χ4n) is 7.78. The molecule has 4 rings (SSSR count). The smallest absolute Gasteiger partial charge is 0.303 e. The van der Waals surface area contributed by atoms with Crippen molar-refractivity contribution in [1.29, 1.82) is 0 Å². The molecule has 0 aromatic rings. The Kier molecular flexibility index (Phi) is 6.35. The highest BCUT2D eigenvalue weighted by molar-refractivity contribution is 6.26. The molecule has 0 spiro atoms. The molecule has 33 heavy (non-hydrogen) atoms. The topological polar surface area (TPSA) is 99.1 Å². The Balaban J connectivity index is 1.74. The van der Waals surface area contributed by atoms with Gasteiger partial charge in [-0.05, 0) is 56.4 Å². The van der Waals surface area contributed by atoms with Crippen molar-refractivity contribution in [2.24, 2.45) is 22.7 Å². The van der Waals surface area contributed by atoms with Gasteiger partial charge < -0.3 is 19.3 Å². The Bertz CT molecular complexity index is 886. The van der Waals surface area contributed by atoms with Crippen LogP contribution in [0.4, 0.5) is 0 Å². The van der Waals surface area contributed by atoms with Crippen molar-refractivity contribution in [2.75, 3.05) is 20.5 Å². The normalized spacial score (nSPS) is 44.4. The van der Waals surface area contributed by atoms with Crippen LogP contribution in [0.15, 0.2) is 11.6 Å². The van der Waals surface area contributed by atoms with Gasteiger partial charge in [-0.3, -0.25) is 14.4 Å². The van der Waals surface area contributed by atoms with Gasteiger partial charge in [0.25, 0.3) is 0 Å². The first-order chi connectivity index (χ1) is 15.5. The lowest BCUT2D eigenvalue weighted by atomic mass is 9.45. The van der Waals surface area contributed by atoms with Crippen LogP contribution in [0.2, 0.25) is 0 Å². The summed E-state index contributed by atoms with van der Waals surface area (Å²) in [6.07, 6.45) is 4.85. The molecule has 0 heterocycles. The number of aliphatic hydroxyl groups excluding tert-OH is 1. The molecule has 4 aliphatic carbocycles. The van der Waals surface area contributed by atoms with Gasteiger partial charge in [-0.25, -0.2) is 0 Å². The first-order valence-corrected chi connectivity index (χ1v) is 12.2. The lowest BCUT2D eigenvalue weighted by molar-refractivity contribution is -0.213. The number of Topliss-reactive ketones (excluding diaryl/α,β-unsaturated/α-hetero) is 1. The van der Waals surface area contributed by atoms with Crippen molar-refractivity contribution in [1.82, 2.24) is 0 Å². The molecule has 0 aliphatic heterocycles. The highest BCUT2D eigenvalue weighted by Gasteiger charge is 2.74. The number of carbonyl (C=O) groups excluding carboxylic acids is 3. The third-order valence-electron chi connectivity index (χ3n) is 9.44. The van der Waals surface area contributed by atoms with E-state index in [0.717, 1.165) is 18.4 Å². The molecule has 0 saturated heterocycles. The zero-order valence-corrected chi connectivity index (χ0v) is 20.7. The van der Waals surface area contributed by atoms with E-state index in [4.69, 9.17) is 25.8 Å². The van der Waals surface area contributed by atoms with E-state index in [1.807, 2.05) is 6.92 Å². The van der Waals surface area contributed by atoms with E-state index >= 15 is 0 Å². The van der Waals surface area contributed by atoms with E-state index < -0.39 is 33.4 Å². The first-order valence-electron chi connectivity index (χ1n) is 11.9. The summed E-state index contributed by atoms with van der Waals surface area (Å²) < 4.78 is 16.4. The number of methoxy groups -OCH3 is 1. The minimum absolute atomic E-state index is 0.0348. The molecule has 4 aliphatic rings.